The van der Waals surface area contributed by atoms with Crippen LogP contribution in [-0.2, 0) is 17.8 Å². The minimum absolute atomic E-state index is 0.338. The number of para-hydroxylation sites is 1. The van der Waals surface area contributed by atoms with Gasteiger partial charge in [-0.05, 0) is 12.1 Å². The van der Waals surface area contributed by atoms with Gasteiger partial charge in [0.1, 0.15) is 5.75 Å². The van der Waals surface area contributed by atoms with E-state index < -0.39 is 0 Å². The standard InChI is InChI=1S/C16H13ClN2O4/c1-20-13-11(3-2-4-12(13)17)15-18-16(23-19-15)14-10-5-6-21-7-9(10)8-22-14/h2-4,8H,5-7H2,1H3. The fourth-order valence-electron chi connectivity index (χ4n) is 2.67. The van der Waals surface area contributed by atoms with E-state index in [0.29, 0.717) is 47.0 Å². The van der Waals surface area contributed by atoms with Gasteiger partial charge in [0.05, 0.1) is 37.2 Å². The molecule has 1 aliphatic rings. The summed E-state index contributed by atoms with van der Waals surface area (Å²) in [6, 6.07) is 5.38. The third-order valence-corrected chi connectivity index (χ3v) is 4.06. The van der Waals surface area contributed by atoms with Crippen molar-refractivity contribution in [2.75, 3.05) is 13.7 Å². The highest BCUT2D eigenvalue weighted by molar-refractivity contribution is 6.32. The Bertz CT molecular complexity index is 856. The lowest BCUT2D eigenvalue weighted by Crippen LogP contribution is -2.07. The molecule has 118 valence electrons. The molecule has 0 aliphatic carbocycles. The number of aromatic nitrogens is 2. The number of fused-ring (bicyclic) bond motifs is 1. The Morgan fingerprint density at radius 3 is 3.09 bits per heavy atom. The molecule has 3 heterocycles. The summed E-state index contributed by atoms with van der Waals surface area (Å²) in [4.78, 5) is 4.43. The van der Waals surface area contributed by atoms with Gasteiger partial charge >= 0.3 is 0 Å². The summed E-state index contributed by atoms with van der Waals surface area (Å²) in [6.45, 7) is 1.20. The Kier molecular flexibility index (Phi) is 3.55. The Morgan fingerprint density at radius 1 is 1.30 bits per heavy atom. The van der Waals surface area contributed by atoms with E-state index in [-0.39, 0.29) is 0 Å². The number of hydrogen-bond acceptors (Lipinski definition) is 6. The van der Waals surface area contributed by atoms with Crippen LogP contribution in [-0.4, -0.2) is 23.9 Å². The lowest BCUT2D eigenvalue weighted by molar-refractivity contribution is 0.111. The number of hydrogen-bond donors (Lipinski definition) is 0. The molecule has 0 unspecified atom stereocenters. The van der Waals surface area contributed by atoms with Gasteiger partial charge in [0.25, 0.3) is 5.89 Å². The molecule has 1 aromatic carbocycles. The fourth-order valence-corrected chi connectivity index (χ4v) is 2.92. The Balaban J connectivity index is 1.76. The van der Waals surface area contributed by atoms with Gasteiger partial charge in [0, 0.05) is 17.5 Å². The van der Waals surface area contributed by atoms with Gasteiger partial charge in [-0.25, -0.2) is 0 Å². The third kappa shape index (κ3) is 2.40. The van der Waals surface area contributed by atoms with Crippen LogP contribution >= 0.6 is 11.6 Å². The molecule has 0 fully saturated rings. The van der Waals surface area contributed by atoms with Gasteiger partial charge in [-0.3, -0.25) is 0 Å². The third-order valence-electron chi connectivity index (χ3n) is 3.77. The van der Waals surface area contributed by atoms with E-state index in [1.54, 1.807) is 19.4 Å². The SMILES string of the molecule is COc1c(Cl)cccc1-c1noc(-c2occ3c2CCOC3)n1. The molecule has 6 nitrogen and oxygen atoms in total. The van der Waals surface area contributed by atoms with Gasteiger partial charge in [-0.1, -0.05) is 22.8 Å². The monoisotopic (exact) mass is 332 g/mol. The second-order valence-corrected chi connectivity index (χ2v) is 5.52. The highest BCUT2D eigenvalue weighted by Gasteiger charge is 2.24. The predicted molar refractivity (Wildman–Crippen MR) is 82.4 cm³/mol. The molecule has 0 atom stereocenters. The maximum Gasteiger partial charge on any atom is 0.294 e. The quantitative estimate of drug-likeness (QED) is 0.727. The molecule has 0 radical (unpaired) electrons. The van der Waals surface area contributed by atoms with Crippen molar-refractivity contribution in [2.45, 2.75) is 13.0 Å². The van der Waals surface area contributed by atoms with Crippen LogP contribution in [0.3, 0.4) is 0 Å². The van der Waals surface area contributed by atoms with Crippen LogP contribution in [0.1, 0.15) is 11.1 Å². The smallest absolute Gasteiger partial charge is 0.294 e. The molecule has 23 heavy (non-hydrogen) atoms. The molecule has 0 N–H and O–H groups in total. The Morgan fingerprint density at radius 2 is 2.22 bits per heavy atom. The molecular weight excluding hydrogens is 320 g/mol. The van der Waals surface area contributed by atoms with Crippen LogP contribution in [0.25, 0.3) is 23.0 Å². The number of furan rings is 1. The van der Waals surface area contributed by atoms with Crippen LogP contribution in [0.2, 0.25) is 5.02 Å². The first-order valence-corrected chi connectivity index (χ1v) is 7.49. The molecule has 4 rings (SSSR count). The van der Waals surface area contributed by atoms with Crippen molar-refractivity contribution in [3.05, 3.63) is 40.6 Å². The minimum Gasteiger partial charge on any atom is -0.494 e. The second kappa shape index (κ2) is 5.72. The highest BCUT2D eigenvalue weighted by atomic mass is 35.5. The predicted octanol–water partition coefficient (Wildman–Crippen LogP) is 3.73. The van der Waals surface area contributed by atoms with Crippen LogP contribution in [0.4, 0.5) is 0 Å². The van der Waals surface area contributed by atoms with E-state index in [4.69, 9.17) is 30.0 Å². The minimum atomic E-state index is 0.338. The van der Waals surface area contributed by atoms with E-state index in [9.17, 15) is 0 Å². The average molecular weight is 333 g/mol. The van der Waals surface area contributed by atoms with E-state index in [0.717, 1.165) is 17.5 Å². The molecule has 7 heteroatoms. The van der Waals surface area contributed by atoms with E-state index in [1.807, 2.05) is 12.1 Å². The summed E-state index contributed by atoms with van der Waals surface area (Å²) in [7, 11) is 1.55. The van der Waals surface area contributed by atoms with Crippen molar-refractivity contribution in [3.8, 4) is 28.8 Å². The summed E-state index contributed by atoms with van der Waals surface area (Å²) in [6.07, 6.45) is 2.44. The number of methoxy groups -OCH3 is 1. The zero-order chi connectivity index (χ0) is 15.8. The van der Waals surface area contributed by atoms with Crippen molar-refractivity contribution in [2.24, 2.45) is 0 Å². The van der Waals surface area contributed by atoms with Crippen LogP contribution < -0.4 is 4.74 Å². The van der Waals surface area contributed by atoms with Crippen LogP contribution in [0, 0.1) is 0 Å². The topological polar surface area (TPSA) is 70.5 Å². The molecule has 0 spiro atoms. The lowest BCUT2D eigenvalue weighted by Gasteiger charge is -2.10. The Labute approximate surface area is 137 Å². The maximum absolute atomic E-state index is 6.14. The highest BCUT2D eigenvalue weighted by Crippen LogP contribution is 2.36. The number of nitrogens with zero attached hydrogens (tertiary/aromatic N) is 2. The van der Waals surface area contributed by atoms with E-state index in [1.165, 1.54) is 0 Å². The molecule has 0 bridgehead atoms. The van der Waals surface area contributed by atoms with Gasteiger partial charge in [0.2, 0.25) is 5.82 Å². The fraction of sp³-hybridized carbons (Fsp3) is 0.250. The average Bonchev–Trinajstić information content (AvgIpc) is 3.21. The van der Waals surface area contributed by atoms with Gasteiger partial charge in [0.15, 0.2) is 5.76 Å². The number of ether oxygens (including phenoxy) is 2. The maximum atomic E-state index is 6.14. The first-order valence-electron chi connectivity index (χ1n) is 7.12. The molecule has 0 amide bonds. The number of benzene rings is 1. The van der Waals surface area contributed by atoms with Crippen molar-refractivity contribution < 1.29 is 18.4 Å². The molecule has 0 saturated carbocycles. The van der Waals surface area contributed by atoms with Crippen LogP contribution in [0.5, 0.6) is 5.75 Å². The van der Waals surface area contributed by atoms with Crippen LogP contribution in [0.15, 0.2) is 33.4 Å². The summed E-state index contributed by atoms with van der Waals surface area (Å²) in [5.74, 6) is 1.85. The zero-order valence-electron chi connectivity index (χ0n) is 12.3. The molecular formula is C16H13ClN2O4. The largest absolute Gasteiger partial charge is 0.494 e. The van der Waals surface area contributed by atoms with Gasteiger partial charge < -0.3 is 18.4 Å². The number of rotatable bonds is 3. The van der Waals surface area contributed by atoms with Crippen molar-refractivity contribution >= 4 is 11.6 Å². The summed E-state index contributed by atoms with van der Waals surface area (Å²) >= 11 is 6.14. The normalized spacial score (nSPS) is 13.8. The first-order chi connectivity index (χ1) is 11.3. The molecule has 2 aromatic heterocycles. The summed E-state index contributed by atoms with van der Waals surface area (Å²) < 4.78 is 21.7. The van der Waals surface area contributed by atoms with E-state index in [2.05, 4.69) is 10.1 Å². The first kappa shape index (κ1) is 14.3. The van der Waals surface area contributed by atoms with Crippen molar-refractivity contribution in [1.82, 2.24) is 10.1 Å². The summed E-state index contributed by atoms with van der Waals surface area (Å²) in [5.41, 5.74) is 2.75. The van der Waals surface area contributed by atoms with Crippen molar-refractivity contribution in [1.29, 1.82) is 0 Å². The number of halogens is 1. The van der Waals surface area contributed by atoms with Gasteiger partial charge in [-0.15, -0.1) is 0 Å². The molecule has 3 aromatic rings. The molecule has 0 saturated heterocycles. The molecule has 1 aliphatic heterocycles. The lowest BCUT2D eigenvalue weighted by atomic mass is 10.1. The van der Waals surface area contributed by atoms with E-state index >= 15 is 0 Å². The zero-order valence-corrected chi connectivity index (χ0v) is 13.1. The van der Waals surface area contributed by atoms with Crippen molar-refractivity contribution in [3.63, 3.8) is 0 Å². The van der Waals surface area contributed by atoms with Gasteiger partial charge in [-0.2, -0.15) is 4.98 Å². The summed E-state index contributed by atoms with van der Waals surface area (Å²) in [5, 5.41) is 4.51. The second-order valence-electron chi connectivity index (χ2n) is 5.11. The Hall–Kier alpha value is -2.31.